The normalized spacial score (nSPS) is 10.5. The topological polar surface area (TPSA) is 55.8 Å². The smallest absolute Gasteiger partial charge is 0.338 e. The molecular formula is C36H29NO4S. The summed E-state index contributed by atoms with van der Waals surface area (Å²) < 4.78 is 10.6. The number of rotatable bonds is 9. The van der Waals surface area contributed by atoms with E-state index in [1.54, 1.807) is 49.4 Å². The van der Waals surface area contributed by atoms with Crippen LogP contribution in [0.3, 0.4) is 0 Å². The van der Waals surface area contributed by atoms with Gasteiger partial charge in [0.2, 0.25) is 0 Å². The Hall–Kier alpha value is -5.20. The van der Waals surface area contributed by atoms with Crippen molar-refractivity contribution >= 4 is 40.3 Å². The average Bonchev–Trinajstić information content (AvgIpc) is 3.53. The minimum atomic E-state index is -0.437. The van der Waals surface area contributed by atoms with Crippen molar-refractivity contribution in [3.8, 4) is 33.8 Å². The van der Waals surface area contributed by atoms with E-state index in [0.717, 1.165) is 39.3 Å². The lowest BCUT2D eigenvalue weighted by Crippen LogP contribution is -2.09. The molecule has 0 spiro atoms. The van der Waals surface area contributed by atoms with Gasteiger partial charge in [0.15, 0.2) is 0 Å². The van der Waals surface area contributed by atoms with Crippen LogP contribution in [0.25, 0.3) is 22.3 Å². The van der Waals surface area contributed by atoms with Crippen molar-refractivity contribution in [2.45, 2.75) is 13.8 Å². The van der Waals surface area contributed by atoms with E-state index in [1.165, 1.54) is 0 Å². The van der Waals surface area contributed by atoms with Gasteiger partial charge in [-0.25, -0.2) is 9.59 Å². The van der Waals surface area contributed by atoms with Crippen LogP contribution in [-0.2, 0) is 9.59 Å². The predicted molar refractivity (Wildman–Crippen MR) is 171 cm³/mol. The second-order valence-electron chi connectivity index (χ2n) is 9.80. The minimum absolute atomic E-state index is 0.358. The van der Waals surface area contributed by atoms with E-state index < -0.39 is 11.9 Å². The predicted octanol–water partition coefficient (Wildman–Crippen LogP) is 9.51. The molecule has 42 heavy (non-hydrogen) atoms. The van der Waals surface area contributed by atoms with Gasteiger partial charge in [0, 0.05) is 27.9 Å². The Labute approximate surface area is 249 Å². The van der Waals surface area contributed by atoms with Gasteiger partial charge in [-0.2, -0.15) is 11.3 Å². The maximum Gasteiger partial charge on any atom is 0.338 e. The molecule has 0 fully saturated rings. The van der Waals surface area contributed by atoms with Crippen LogP contribution in [0.5, 0.6) is 11.5 Å². The van der Waals surface area contributed by atoms with Crippen molar-refractivity contribution in [3.63, 3.8) is 0 Å². The summed E-state index contributed by atoms with van der Waals surface area (Å²) in [5.74, 6) is 0.0940. The zero-order valence-electron chi connectivity index (χ0n) is 23.4. The number of ether oxygens (including phenoxy) is 2. The van der Waals surface area contributed by atoms with Crippen LogP contribution in [0.1, 0.15) is 13.8 Å². The van der Waals surface area contributed by atoms with E-state index >= 15 is 0 Å². The van der Waals surface area contributed by atoms with Crippen LogP contribution >= 0.6 is 11.3 Å². The third-order valence-electron chi connectivity index (χ3n) is 6.51. The summed E-state index contributed by atoms with van der Waals surface area (Å²) in [7, 11) is 0. The highest BCUT2D eigenvalue weighted by atomic mass is 32.1. The molecule has 5 nitrogen and oxygen atoms in total. The molecule has 0 aliphatic carbocycles. The minimum Gasteiger partial charge on any atom is -0.423 e. The molecule has 0 bridgehead atoms. The van der Waals surface area contributed by atoms with Crippen LogP contribution in [0.2, 0.25) is 0 Å². The molecule has 0 atom stereocenters. The number of carbonyl (C=O) groups is 2. The van der Waals surface area contributed by atoms with E-state index in [0.29, 0.717) is 22.6 Å². The number of hydrogen-bond donors (Lipinski definition) is 0. The molecule has 0 saturated heterocycles. The maximum absolute atomic E-state index is 11.8. The van der Waals surface area contributed by atoms with Gasteiger partial charge in [0.25, 0.3) is 0 Å². The summed E-state index contributed by atoms with van der Waals surface area (Å²) in [6.07, 6.45) is 0. The van der Waals surface area contributed by atoms with Gasteiger partial charge in [-0.15, -0.1) is 0 Å². The summed E-state index contributed by atoms with van der Waals surface area (Å²) >= 11 is 1.65. The van der Waals surface area contributed by atoms with Crippen LogP contribution in [0.4, 0.5) is 17.1 Å². The molecular weight excluding hydrogens is 542 g/mol. The summed E-state index contributed by atoms with van der Waals surface area (Å²) in [5, 5.41) is 4.19. The molecule has 4 aromatic carbocycles. The van der Waals surface area contributed by atoms with Gasteiger partial charge in [-0.3, -0.25) is 0 Å². The molecule has 6 heteroatoms. The van der Waals surface area contributed by atoms with Crippen LogP contribution in [0.15, 0.2) is 138 Å². The average molecular weight is 572 g/mol. The molecule has 0 N–H and O–H groups in total. The van der Waals surface area contributed by atoms with Crippen molar-refractivity contribution < 1.29 is 19.1 Å². The van der Waals surface area contributed by atoms with E-state index in [4.69, 9.17) is 9.47 Å². The van der Waals surface area contributed by atoms with Crippen molar-refractivity contribution in [2.24, 2.45) is 0 Å². The van der Waals surface area contributed by atoms with Gasteiger partial charge < -0.3 is 14.4 Å². The fourth-order valence-electron chi connectivity index (χ4n) is 4.26. The van der Waals surface area contributed by atoms with Gasteiger partial charge >= 0.3 is 11.9 Å². The second-order valence-corrected chi connectivity index (χ2v) is 10.6. The van der Waals surface area contributed by atoms with Crippen LogP contribution in [-0.4, -0.2) is 11.9 Å². The number of thiophene rings is 1. The highest BCUT2D eigenvalue weighted by Crippen LogP contribution is 2.38. The van der Waals surface area contributed by atoms with Crippen LogP contribution < -0.4 is 14.4 Å². The molecule has 0 saturated carbocycles. The van der Waals surface area contributed by atoms with Gasteiger partial charge in [0.1, 0.15) is 11.5 Å². The van der Waals surface area contributed by atoms with Crippen LogP contribution in [0, 0.1) is 0 Å². The molecule has 5 aromatic rings. The molecule has 0 aliphatic heterocycles. The maximum atomic E-state index is 11.8. The fourth-order valence-corrected chi connectivity index (χ4v) is 4.88. The number of benzene rings is 4. The number of nitrogens with zero attached hydrogens (tertiary/aromatic N) is 1. The lowest BCUT2D eigenvalue weighted by atomic mass is 10.0. The molecule has 208 valence electrons. The lowest BCUT2D eigenvalue weighted by Gasteiger charge is -2.24. The van der Waals surface area contributed by atoms with Crippen molar-refractivity contribution in [1.82, 2.24) is 0 Å². The Morgan fingerprint density at radius 3 is 1.21 bits per heavy atom. The molecule has 5 rings (SSSR count). The highest BCUT2D eigenvalue weighted by molar-refractivity contribution is 7.08. The van der Waals surface area contributed by atoms with E-state index in [-0.39, 0.29) is 0 Å². The van der Waals surface area contributed by atoms with E-state index in [9.17, 15) is 9.59 Å². The number of anilines is 3. The number of carbonyl (C=O) groups excluding carboxylic acids is 2. The third-order valence-corrected chi connectivity index (χ3v) is 7.18. The largest absolute Gasteiger partial charge is 0.423 e. The zero-order valence-corrected chi connectivity index (χ0v) is 24.2. The lowest BCUT2D eigenvalue weighted by molar-refractivity contribution is -0.130. The summed E-state index contributed by atoms with van der Waals surface area (Å²) in [6.45, 7) is 10.5. The Balaban J connectivity index is 1.35. The summed E-state index contributed by atoms with van der Waals surface area (Å²) in [6, 6.07) is 33.7. The first-order chi connectivity index (χ1) is 20.3. The van der Waals surface area contributed by atoms with E-state index in [2.05, 4.69) is 83.4 Å². The van der Waals surface area contributed by atoms with Crippen molar-refractivity contribution in [3.05, 3.63) is 138 Å². The van der Waals surface area contributed by atoms with Crippen molar-refractivity contribution in [2.75, 3.05) is 4.90 Å². The van der Waals surface area contributed by atoms with Gasteiger partial charge in [0.05, 0.1) is 5.69 Å². The molecule has 0 radical (unpaired) electrons. The number of hydrogen-bond acceptors (Lipinski definition) is 6. The van der Waals surface area contributed by atoms with Gasteiger partial charge in [-0.1, -0.05) is 61.7 Å². The Morgan fingerprint density at radius 2 is 0.905 bits per heavy atom. The van der Waals surface area contributed by atoms with Gasteiger partial charge in [-0.05, 0) is 96.1 Å². The Bertz CT molecular complexity index is 1600. The summed E-state index contributed by atoms with van der Waals surface area (Å²) in [5.41, 5.74) is 7.99. The van der Waals surface area contributed by atoms with Crippen molar-refractivity contribution in [1.29, 1.82) is 0 Å². The molecule has 0 aliphatic rings. The quantitative estimate of drug-likeness (QED) is 0.100. The molecule has 1 heterocycles. The second kappa shape index (κ2) is 12.5. The monoisotopic (exact) mass is 571 g/mol. The molecule has 0 amide bonds. The first-order valence-electron chi connectivity index (χ1n) is 13.3. The fraction of sp³-hybridized carbons (Fsp3) is 0.0556. The SMILES string of the molecule is C=C(C)C(=O)Oc1ccc(-c2ccc(N(c3ccc(-c4ccc(OC(=O)C(=C)C)cc4)cc3)c3ccsc3)cc2)cc1. The molecule has 0 unspecified atom stereocenters. The Morgan fingerprint density at radius 1 is 0.548 bits per heavy atom. The number of esters is 2. The highest BCUT2D eigenvalue weighted by Gasteiger charge is 2.14. The first kappa shape index (κ1) is 28.3. The zero-order chi connectivity index (χ0) is 29.6. The molecule has 1 aromatic heterocycles. The third kappa shape index (κ3) is 6.57. The first-order valence-corrected chi connectivity index (χ1v) is 14.2. The van der Waals surface area contributed by atoms with E-state index in [1.807, 2.05) is 24.3 Å². The standard InChI is InChI=1S/C36H29NO4S/c1-24(2)35(38)40-33-17-9-28(10-18-33)26-5-13-30(14-6-26)37(32-21-22-42-23-32)31-15-7-27(8-16-31)29-11-19-34(20-12-29)41-36(39)25(3)4/h5-23H,1,3H2,2,4H3. The Kier molecular flexibility index (Phi) is 8.46. The summed E-state index contributed by atoms with van der Waals surface area (Å²) in [4.78, 5) is 25.8.